The van der Waals surface area contributed by atoms with E-state index in [9.17, 15) is 4.79 Å². The smallest absolute Gasteiger partial charge is 0.354 e. The fourth-order valence-corrected chi connectivity index (χ4v) is 4.07. The molecule has 1 saturated heterocycles. The summed E-state index contributed by atoms with van der Waals surface area (Å²) in [5.41, 5.74) is 2.64. The minimum Gasteiger partial charge on any atom is -0.461 e. The van der Waals surface area contributed by atoms with Crippen molar-refractivity contribution < 1.29 is 9.53 Å². The van der Waals surface area contributed by atoms with Gasteiger partial charge in [0, 0.05) is 24.7 Å². The maximum absolute atomic E-state index is 12.1. The Morgan fingerprint density at radius 3 is 3.08 bits per heavy atom. The monoisotopic (exact) mass is 347 g/mol. The molecule has 130 valence electrons. The summed E-state index contributed by atoms with van der Waals surface area (Å²) < 4.78 is 7.08. The van der Waals surface area contributed by atoms with Gasteiger partial charge in [0.15, 0.2) is 5.13 Å². The topological polar surface area (TPSA) is 47.4 Å². The van der Waals surface area contributed by atoms with Gasteiger partial charge in [-0.2, -0.15) is 0 Å². The summed E-state index contributed by atoms with van der Waals surface area (Å²) in [5, 5.41) is 3.19. The highest BCUT2D eigenvalue weighted by molar-refractivity contribution is 7.13. The number of carbonyl (C=O) groups is 1. The Kier molecular flexibility index (Phi) is 5.23. The van der Waals surface area contributed by atoms with Crippen molar-refractivity contribution in [1.29, 1.82) is 0 Å². The second-order valence-electron chi connectivity index (χ2n) is 6.57. The molecule has 0 bridgehead atoms. The lowest BCUT2D eigenvalue weighted by atomic mass is 10.0. The van der Waals surface area contributed by atoms with Crippen molar-refractivity contribution in [3.05, 3.63) is 34.6 Å². The van der Waals surface area contributed by atoms with Crippen molar-refractivity contribution in [2.24, 2.45) is 5.92 Å². The third-order valence-electron chi connectivity index (χ3n) is 4.32. The van der Waals surface area contributed by atoms with Crippen LogP contribution in [0.1, 0.15) is 48.4 Å². The third-order valence-corrected chi connectivity index (χ3v) is 5.27. The summed E-state index contributed by atoms with van der Waals surface area (Å²) in [4.78, 5) is 19.3. The van der Waals surface area contributed by atoms with Gasteiger partial charge in [0.1, 0.15) is 5.69 Å². The summed E-state index contributed by atoms with van der Waals surface area (Å²) in [6.07, 6.45) is 4.52. The van der Waals surface area contributed by atoms with Crippen molar-refractivity contribution >= 4 is 22.4 Å². The van der Waals surface area contributed by atoms with Crippen molar-refractivity contribution in [3.8, 4) is 0 Å². The first-order valence-corrected chi connectivity index (χ1v) is 9.48. The van der Waals surface area contributed by atoms with Crippen molar-refractivity contribution in [2.75, 3.05) is 24.6 Å². The van der Waals surface area contributed by atoms with Crippen molar-refractivity contribution in [2.45, 2.75) is 40.2 Å². The standard InChI is InChI=1S/C18H25N3O2S/c1-4-23-17(22)16-8-14(3)10-21(16)11-15-12-24-18(19-15)20-7-5-6-13(2)9-20/h8,10,12-13H,4-7,9,11H2,1-3H3. The second-order valence-corrected chi connectivity index (χ2v) is 7.40. The molecule has 6 heteroatoms. The normalized spacial score (nSPS) is 18.0. The molecule has 2 aromatic rings. The number of aryl methyl sites for hydroxylation is 1. The highest BCUT2D eigenvalue weighted by Gasteiger charge is 2.20. The van der Waals surface area contributed by atoms with Gasteiger partial charge in [-0.05, 0) is 44.2 Å². The molecule has 5 nitrogen and oxygen atoms in total. The van der Waals surface area contributed by atoms with Crippen LogP contribution in [0.25, 0.3) is 0 Å². The zero-order valence-corrected chi connectivity index (χ0v) is 15.4. The number of thiazole rings is 1. The van der Waals surface area contributed by atoms with Crippen LogP contribution in [-0.2, 0) is 11.3 Å². The van der Waals surface area contributed by atoms with Crippen molar-refractivity contribution in [3.63, 3.8) is 0 Å². The minimum absolute atomic E-state index is 0.272. The van der Waals surface area contributed by atoms with Crippen LogP contribution in [0.15, 0.2) is 17.6 Å². The molecule has 1 aliphatic rings. The van der Waals surface area contributed by atoms with E-state index < -0.39 is 0 Å². The van der Waals surface area contributed by atoms with Crippen LogP contribution in [0, 0.1) is 12.8 Å². The van der Waals surface area contributed by atoms with Crippen LogP contribution in [0.4, 0.5) is 5.13 Å². The Bertz CT molecular complexity index is 707. The zero-order chi connectivity index (χ0) is 17.1. The maximum atomic E-state index is 12.1. The lowest BCUT2D eigenvalue weighted by molar-refractivity contribution is 0.0514. The number of aromatic nitrogens is 2. The fraction of sp³-hybridized carbons (Fsp3) is 0.556. The molecule has 2 aromatic heterocycles. The Morgan fingerprint density at radius 2 is 2.33 bits per heavy atom. The van der Waals surface area contributed by atoms with Crippen LogP contribution in [-0.4, -0.2) is 35.2 Å². The highest BCUT2D eigenvalue weighted by Crippen LogP contribution is 2.26. The summed E-state index contributed by atoms with van der Waals surface area (Å²) in [7, 11) is 0. The summed E-state index contributed by atoms with van der Waals surface area (Å²) in [6, 6.07) is 1.87. The Balaban J connectivity index is 1.74. The summed E-state index contributed by atoms with van der Waals surface area (Å²) in [6.45, 7) is 9.27. The molecule has 0 radical (unpaired) electrons. The molecule has 24 heavy (non-hydrogen) atoms. The molecular formula is C18H25N3O2S. The second kappa shape index (κ2) is 7.38. The van der Waals surface area contributed by atoms with E-state index in [4.69, 9.17) is 9.72 Å². The van der Waals surface area contributed by atoms with Crippen LogP contribution in [0.3, 0.4) is 0 Å². The van der Waals surface area contributed by atoms with Gasteiger partial charge < -0.3 is 14.2 Å². The molecule has 3 heterocycles. The highest BCUT2D eigenvalue weighted by atomic mass is 32.1. The number of ether oxygens (including phenoxy) is 1. The summed E-state index contributed by atoms with van der Waals surface area (Å²) in [5.74, 6) is 0.458. The first-order chi connectivity index (χ1) is 11.6. The van der Waals surface area contributed by atoms with E-state index >= 15 is 0 Å². The minimum atomic E-state index is -0.272. The molecule has 0 aliphatic carbocycles. The predicted molar refractivity (Wildman–Crippen MR) is 97.0 cm³/mol. The zero-order valence-electron chi connectivity index (χ0n) is 14.6. The number of esters is 1. The first kappa shape index (κ1) is 17.0. The number of hydrogen-bond donors (Lipinski definition) is 0. The molecule has 0 amide bonds. The molecule has 1 aliphatic heterocycles. The van der Waals surface area contributed by atoms with Gasteiger partial charge in [-0.25, -0.2) is 9.78 Å². The van der Waals surface area contributed by atoms with E-state index in [0.29, 0.717) is 18.8 Å². The number of nitrogens with zero attached hydrogens (tertiary/aromatic N) is 3. The molecule has 1 atom stereocenters. The number of hydrogen-bond acceptors (Lipinski definition) is 5. The molecular weight excluding hydrogens is 322 g/mol. The predicted octanol–water partition coefficient (Wildman–Crippen LogP) is 3.71. The molecule has 1 unspecified atom stereocenters. The van der Waals surface area contributed by atoms with Gasteiger partial charge >= 0.3 is 5.97 Å². The molecule has 0 spiro atoms. The van der Waals surface area contributed by atoms with E-state index in [1.54, 1.807) is 11.3 Å². The van der Waals surface area contributed by atoms with Crippen LogP contribution in [0.2, 0.25) is 0 Å². The molecule has 1 fully saturated rings. The molecule has 0 saturated carbocycles. The van der Waals surface area contributed by atoms with Gasteiger partial charge in [-0.15, -0.1) is 11.3 Å². The summed E-state index contributed by atoms with van der Waals surface area (Å²) >= 11 is 1.69. The third kappa shape index (κ3) is 3.80. The van der Waals surface area contributed by atoms with Gasteiger partial charge in [0.2, 0.25) is 0 Å². The quantitative estimate of drug-likeness (QED) is 0.774. The van der Waals surface area contributed by atoms with E-state index in [1.165, 1.54) is 12.8 Å². The fourth-order valence-electron chi connectivity index (χ4n) is 3.22. The van der Waals surface area contributed by atoms with Gasteiger partial charge in [0.05, 0.1) is 18.8 Å². The number of rotatable bonds is 5. The van der Waals surface area contributed by atoms with Gasteiger partial charge in [0.25, 0.3) is 0 Å². The maximum Gasteiger partial charge on any atom is 0.354 e. The van der Waals surface area contributed by atoms with Gasteiger partial charge in [-0.1, -0.05) is 6.92 Å². The van der Waals surface area contributed by atoms with Crippen LogP contribution < -0.4 is 4.90 Å². The largest absolute Gasteiger partial charge is 0.461 e. The van der Waals surface area contributed by atoms with Crippen LogP contribution in [0.5, 0.6) is 0 Å². The van der Waals surface area contributed by atoms with E-state index in [-0.39, 0.29) is 5.97 Å². The molecule has 0 aromatic carbocycles. The molecule has 0 N–H and O–H groups in total. The Hall–Kier alpha value is -1.82. The van der Waals surface area contributed by atoms with E-state index in [2.05, 4.69) is 17.2 Å². The lowest BCUT2D eigenvalue weighted by Gasteiger charge is -2.30. The number of carbonyl (C=O) groups excluding carboxylic acids is 1. The molecule has 3 rings (SSSR count). The number of anilines is 1. The lowest BCUT2D eigenvalue weighted by Crippen LogP contribution is -2.34. The van der Waals surface area contributed by atoms with E-state index in [0.717, 1.165) is 35.4 Å². The average molecular weight is 347 g/mol. The van der Waals surface area contributed by atoms with Crippen LogP contribution >= 0.6 is 11.3 Å². The van der Waals surface area contributed by atoms with Crippen molar-refractivity contribution in [1.82, 2.24) is 9.55 Å². The van der Waals surface area contributed by atoms with Gasteiger partial charge in [-0.3, -0.25) is 0 Å². The van der Waals surface area contributed by atoms with E-state index in [1.807, 2.05) is 30.7 Å². The SMILES string of the molecule is CCOC(=O)c1cc(C)cn1Cc1csc(N2CCCC(C)C2)n1. The Labute approximate surface area is 147 Å². The number of piperidine rings is 1. The average Bonchev–Trinajstić information content (AvgIpc) is 3.15. The first-order valence-electron chi connectivity index (χ1n) is 8.60. The Morgan fingerprint density at radius 1 is 1.50 bits per heavy atom.